The minimum absolute atomic E-state index is 0.233. The Kier molecular flexibility index (Phi) is 3.37. The van der Waals surface area contributed by atoms with Crippen LogP contribution in [0.5, 0.6) is 0 Å². The van der Waals surface area contributed by atoms with Crippen molar-refractivity contribution in [3.8, 4) is 0 Å². The van der Waals surface area contributed by atoms with E-state index in [0.29, 0.717) is 0 Å². The van der Waals surface area contributed by atoms with Crippen molar-refractivity contribution in [3.05, 3.63) is 27.1 Å². The van der Waals surface area contributed by atoms with Crippen molar-refractivity contribution in [2.45, 2.75) is 13.3 Å². The third kappa shape index (κ3) is 2.15. The maximum atomic E-state index is 11.4. The number of hydrogen-bond donors (Lipinski definition) is 0. The molecule has 0 aliphatic heterocycles. The highest BCUT2D eigenvalue weighted by Crippen LogP contribution is 2.26. The first kappa shape index (κ1) is 12.3. The van der Waals surface area contributed by atoms with E-state index in [-0.39, 0.29) is 12.4 Å². The van der Waals surface area contributed by atoms with Crippen LogP contribution < -0.4 is 0 Å². The van der Waals surface area contributed by atoms with Crippen molar-refractivity contribution in [2.75, 3.05) is 7.11 Å². The van der Waals surface area contributed by atoms with Crippen LogP contribution in [0.2, 0.25) is 0 Å². The number of aryl methyl sites for hydroxylation is 2. The van der Waals surface area contributed by atoms with Gasteiger partial charge in [0.1, 0.15) is 5.65 Å². The SMILES string of the molecule is COC(=O)Cc1c(C)nc2c(ccn2C)c1I. The van der Waals surface area contributed by atoms with E-state index in [1.54, 1.807) is 0 Å². The zero-order valence-corrected chi connectivity index (χ0v) is 12.1. The minimum Gasteiger partial charge on any atom is -0.469 e. The molecule has 2 rings (SSSR count). The Morgan fingerprint density at radius 3 is 2.94 bits per heavy atom. The minimum atomic E-state index is -0.233. The van der Waals surface area contributed by atoms with Gasteiger partial charge < -0.3 is 9.30 Å². The smallest absolute Gasteiger partial charge is 0.310 e. The maximum absolute atomic E-state index is 11.4. The lowest BCUT2D eigenvalue weighted by Crippen LogP contribution is -2.09. The summed E-state index contributed by atoms with van der Waals surface area (Å²) in [6.45, 7) is 1.92. The summed E-state index contributed by atoms with van der Waals surface area (Å²) in [4.78, 5) is 15.9. The number of carbonyl (C=O) groups is 1. The summed E-state index contributed by atoms with van der Waals surface area (Å²) in [6.07, 6.45) is 2.25. The van der Waals surface area contributed by atoms with Crippen molar-refractivity contribution in [1.82, 2.24) is 9.55 Å². The second kappa shape index (κ2) is 4.64. The zero-order valence-electron chi connectivity index (χ0n) is 9.95. The molecule has 0 unspecified atom stereocenters. The first-order valence-electron chi connectivity index (χ1n) is 5.21. The van der Waals surface area contributed by atoms with Gasteiger partial charge in [0, 0.05) is 27.9 Å². The third-order valence-corrected chi connectivity index (χ3v) is 4.03. The van der Waals surface area contributed by atoms with Crippen LogP contribution in [0.15, 0.2) is 12.3 Å². The summed E-state index contributed by atoms with van der Waals surface area (Å²) in [5.41, 5.74) is 2.78. The number of ether oxygens (including phenoxy) is 1. The van der Waals surface area contributed by atoms with Gasteiger partial charge >= 0.3 is 5.97 Å². The second-order valence-corrected chi connectivity index (χ2v) is 4.99. The Hall–Kier alpha value is -1.11. The number of pyridine rings is 1. The summed E-state index contributed by atoms with van der Waals surface area (Å²) in [7, 11) is 3.36. The fraction of sp³-hybridized carbons (Fsp3) is 0.333. The fourth-order valence-corrected chi connectivity index (χ4v) is 2.80. The van der Waals surface area contributed by atoms with Gasteiger partial charge in [0.05, 0.1) is 13.5 Å². The van der Waals surface area contributed by atoms with E-state index in [2.05, 4.69) is 27.6 Å². The standard InChI is InChI=1S/C12H13IN2O2/c1-7-9(6-10(16)17-3)11(13)8-4-5-15(2)12(8)14-7/h4-5H,6H2,1-3H3. The van der Waals surface area contributed by atoms with Crippen LogP contribution in [0, 0.1) is 10.5 Å². The molecule has 0 amide bonds. The maximum Gasteiger partial charge on any atom is 0.310 e. The Morgan fingerprint density at radius 2 is 2.29 bits per heavy atom. The van der Waals surface area contributed by atoms with Gasteiger partial charge in [-0.15, -0.1) is 0 Å². The van der Waals surface area contributed by atoms with Crippen LogP contribution in [-0.2, 0) is 23.0 Å². The molecule has 0 aromatic carbocycles. The molecule has 90 valence electrons. The van der Waals surface area contributed by atoms with Crippen LogP contribution >= 0.6 is 22.6 Å². The van der Waals surface area contributed by atoms with E-state index >= 15 is 0 Å². The summed E-state index contributed by atoms with van der Waals surface area (Å²) < 4.78 is 7.76. The highest BCUT2D eigenvalue weighted by atomic mass is 127. The lowest BCUT2D eigenvalue weighted by Gasteiger charge is -2.08. The molecule has 0 spiro atoms. The molecule has 0 atom stereocenters. The van der Waals surface area contributed by atoms with Gasteiger partial charge in [-0.05, 0) is 41.1 Å². The van der Waals surface area contributed by atoms with Crippen LogP contribution in [-0.4, -0.2) is 22.6 Å². The summed E-state index contributed by atoms with van der Waals surface area (Å²) in [6, 6.07) is 2.02. The number of hydrogen-bond acceptors (Lipinski definition) is 3. The average Bonchev–Trinajstić information content (AvgIpc) is 2.66. The highest BCUT2D eigenvalue weighted by Gasteiger charge is 2.15. The number of halogens is 1. The molecule has 0 N–H and O–H groups in total. The molecular formula is C12H13IN2O2. The molecule has 0 saturated heterocycles. The summed E-state index contributed by atoms with van der Waals surface area (Å²) >= 11 is 2.27. The molecule has 0 radical (unpaired) electrons. The molecule has 0 fully saturated rings. The molecule has 5 heteroatoms. The molecule has 2 heterocycles. The van der Waals surface area contributed by atoms with Gasteiger partial charge in [0.2, 0.25) is 0 Å². The molecule has 0 bridgehead atoms. The van der Waals surface area contributed by atoms with Crippen molar-refractivity contribution < 1.29 is 9.53 Å². The van der Waals surface area contributed by atoms with E-state index in [9.17, 15) is 4.79 Å². The molecule has 2 aromatic rings. The van der Waals surface area contributed by atoms with E-state index in [1.165, 1.54) is 7.11 Å². The average molecular weight is 344 g/mol. The molecule has 2 aromatic heterocycles. The van der Waals surface area contributed by atoms with Crippen molar-refractivity contribution in [3.63, 3.8) is 0 Å². The zero-order chi connectivity index (χ0) is 12.6. The number of aromatic nitrogens is 2. The van der Waals surface area contributed by atoms with Crippen molar-refractivity contribution >= 4 is 39.6 Å². The Morgan fingerprint density at radius 1 is 1.59 bits per heavy atom. The Balaban J connectivity index is 2.60. The van der Waals surface area contributed by atoms with Crippen molar-refractivity contribution in [1.29, 1.82) is 0 Å². The normalized spacial score (nSPS) is 10.8. The Labute approximate surface area is 113 Å². The van der Waals surface area contributed by atoms with Gasteiger partial charge in [0.15, 0.2) is 0 Å². The first-order chi connectivity index (χ1) is 8.04. The quantitative estimate of drug-likeness (QED) is 0.620. The van der Waals surface area contributed by atoms with Crippen molar-refractivity contribution in [2.24, 2.45) is 7.05 Å². The van der Waals surface area contributed by atoms with Crippen LogP contribution in [0.25, 0.3) is 11.0 Å². The van der Waals surface area contributed by atoms with Gasteiger partial charge in [-0.3, -0.25) is 4.79 Å². The lowest BCUT2D eigenvalue weighted by molar-refractivity contribution is -0.139. The van der Waals surface area contributed by atoms with E-state index in [4.69, 9.17) is 4.74 Å². The predicted octanol–water partition coefficient (Wildman–Crippen LogP) is 2.20. The number of methoxy groups -OCH3 is 1. The molecule has 4 nitrogen and oxygen atoms in total. The molecule has 0 aliphatic carbocycles. The number of nitrogens with zero attached hydrogens (tertiary/aromatic N) is 2. The molecule has 0 saturated carbocycles. The van der Waals surface area contributed by atoms with Gasteiger partial charge in [-0.2, -0.15) is 0 Å². The number of carbonyl (C=O) groups excluding carboxylic acids is 1. The number of fused-ring (bicyclic) bond motifs is 1. The summed E-state index contributed by atoms with van der Waals surface area (Å²) in [5.74, 6) is -0.233. The number of esters is 1. The monoisotopic (exact) mass is 344 g/mol. The van der Waals surface area contributed by atoms with E-state index in [1.807, 2.05) is 30.8 Å². The molecular weight excluding hydrogens is 331 g/mol. The predicted molar refractivity (Wildman–Crippen MR) is 73.9 cm³/mol. The first-order valence-corrected chi connectivity index (χ1v) is 6.29. The summed E-state index contributed by atoms with van der Waals surface area (Å²) in [5, 5.41) is 1.08. The Bertz CT molecular complexity index is 590. The van der Waals surface area contributed by atoms with Crippen LogP contribution in [0.3, 0.4) is 0 Å². The molecule has 0 aliphatic rings. The van der Waals surface area contributed by atoms with Crippen LogP contribution in [0.1, 0.15) is 11.3 Å². The second-order valence-electron chi connectivity index (χ2n) is 3.91. The third-order valence-electron chi connectivity index (χ3n) is 2.80. The van der Waals surface area contributed by atoms with Gasteiger partial charge in [-0.25, -0.2) is 4.98 Å². The number of rotatable bonds is 2. The highest BCUT2D eigenvalue weighted by molar-refractivity contribution is 14.1. The largest absolute Gasteiger partial charge is 0.469 e. The molecule has 17 heavy (non-hydrogen) atoms. The van der Waals surface area contributed by atoms with Gasteiger partial charge in [0.25, 0.3) is 0 Å². The van der Waals surface area contributed by atoms with E-state index < -0.39 is 0 Å². The van der Waals surface area contributed by atoms with E-state index in [0.717, 1.165) is 25.9 Å². The lowest BCUT2D eigenvalue weighted by atomic mass is 10.1. The van der Waals surface area contributed by atoms with Gasteiger partial charge in [-0.1, -0.05) is 0 Å². The fourth-order valence-electron chi connectivity index (χ4n) is 1.80. The van der Waals surface area contributed by atoms with Crippen LogP contribution in [0.4, 0.5) is 0 Å². The topological polar surface area (TPSA) is 44.1 Å².